The summed E-state index contributed by atoms with van der Waals surface area (Å²) in [6.45, 7) is 3.32. The molecule has 0 aliphatic carbocycles. The van der Waals surface area contributed by atoms with Gasteiger partial charge in [0, 0.05) is 24.3 Å². The lowest BCUT2D eigenvalue weighted by atomic mass is 10.1. The van der Waals surface area contributed by atoms with Crippen LogP contribution in [-0.2, 0) is 11.2 Å². The highest BCUT2D eigenvalue weighted by Crippen LogP contribution is 2.34. The highest BCUT2D eigenvalue weighted by molar-refractivity contribution is 5.98. The number of nitrogen functional groups attached to an aromatic ring is 2. The first-order valence-corrected chi connectivity index (χ1v) is 10.7. The van der Waals surface area contributed by atoms with Crippen molar-refractivity contribution in [1.82, 2.24) is 24.6 Å². The molecule has 162 valence electrons. The zero-order chi connectivity index (χ0) is 22.2. The molecule has 0 radical (unpaired) electrons. The Morgan fingerprint density at radius 2 is 1.94 bits per heavy atom. The van der Waals surface area contributed by atoms with Crippen molar-refractivity contribution in [3.63, 3.8) is 0 Å². The van der Waals surface area contributed by atoms with Gasteiger partial charge in [-0.2, -0.15) is 5.10 Å². The molecule has 4 aromatic rings. The second-order valence-corrected chi connectivity index (χ2v) is 8.32. The number of benzene rings is 2. The minimum absolute atomic E-state index is 0.0239. The Morgan fingerprint density at radius 3 is 2.72 bits per heavy atom. The number of aryl methyl sites for hydroxylation is 1. The molecular weight excluding hydrogens is 402 g/mol. The summed E-state index contributed by atoms with van der Waals surface area (Å²) in [7, 11) is 0. The summed E-state index contributed by atoms with van der Waals surface area (Å²) in [5.41, 5.74) is 17.2. The Kier molecular flexibility index (Phi) is 4.97. The molecule has 0 bridgehead atoms. The summed E-state index contributed by atoms with van der Waals surface area (Å²) in [6.07, 6.45) is 2.67. The fourth-order valence-corrected chi connectivity index (χ4v) is 4.37. The van der Waals surface area contributed by atoms with Gasteiger partial charge in [0.25, 0.3) is 0 Å². The van der Waals surface area contributed by atoms with E-state index in [4.69, 9.17) is 16.6 Å². The SMILES string of the molecule is Cc1cccc(CC(=O)N2CC[C@@H](n3nc(-c4ccc(N)cc4)c4c(N)ncnc43)C2)c1. The topological polar surface area (TPSA) is 116 Å². The molecule has 0 unspecified atom stereocenters. The van der Waals surface area contributed by atoms with Crippen LogP contribution in [0.25, 0.3) is 22.3 Å². The van der Waals surface area contributed by atoms with E-state index in [9.17, 15) is 4.79 Å². The van der Waals surface area contributed by atoms with Crippen LogP contribution in [0, 0.1) is 6.92 Å². The zero-order valence-corrected chi connectivity index (χ0v) is 17.9. The lowest BCUT2D eigenvalue weighted by Gasteiger charge is -2.17. The van der Waals surface area contributed by atoms with E-state index >= 15 is 0 Å². The molecule has 1 aliphatic rings. The molecule has 3 heterocycles. The van der Waals surface area contributed by atoms with Crippen LogP contribution < -0.4 is 11.5 Å². The Bertz CT molecular complexity index is 1300. The van der Waals surface area contributed by atoms with Gasteiger partial charge in [-0.1, -0.05) is 42.0 Å². The lowest BCUT2D eigenvalue weighted by molar-refractivity contribution is -0.129. The third-order valence-electron chi connectivity index (χ3n) is 6.00. The monoisotopic (exact) mass is 427 g/mol. The zero-order valence-electron chi connectivity index (χ0n) is 17.9. The molecule has 1 fully saturated rings. The van der Waals surface area contributed by atoms with E-state index < -0.39 is 0 Å². The van der Waals surface area contributed by atoms with E-state index in [1.807, 2.05) is 59.0 Å². The molecule has 2 aromatic heterocycles. The average molecular weight is 428 g/mol. The van der Waals surface area contributed by atoms with Gasteiger partial charge in [-0.3, -0.25) is 4.79 Å². The lowest BCUT2D eigenvalue weighted by Crippen LogP contribution is -2.30. The molecule has 1 aliphatic heterocycles. The van der Waals surface area contributed by atoms with Gasteiger partial charge in [0.1, 0.15) is 17.8 Å². The quantitative estimate of drug-likeness (QED) is 0.484. The minimum atomic E-state index is 0.0239. The molecule has 4 N–H and O–H groups in total. The summed E-state index contributed by atoms with van der Waals surface area (Å²) in [4.78, 5) is 23.5. The maximum absolute atomic E-state index is 12.9. The third kappa shape index (κ3) is 3.64. The van der Waals surface area contributed by atoms with Crippen LogP contribution in [0.3, 0.4) is 0 Å². The predicted octanol–water partition coefficient (Wildman–Crippen LogP) is 2.98. The van der Waals surface area contributed by atoms with Crippen LogP contribution in [-0.4, -0.2) is 43.6 Å². The van der Waals surface area contributed by atoms with Crippen molar-refractivity contribution < 1.29 is 4.79 Å². The van der Waals surface area contributed by atoms with Gasteiger partial charge < -0.3 is 16.4 Å². The highest BCUT2D eigenvalue weighted by Gasteiger charge is 2.30. The number of likely N-dealkylation sites (tertiary alicyclic amines) is 1. The van der Waals surface area contributed by atoms with Crippen LogP contribution in [0.2, 0.25) is 0 Å². The van der Waals surface area contributed by atoms with E-state index in [0.717, 1.165) is 34.2 Å². The molecule has 2 aromatic carbocycles. The van der Waals surface area contributed by atoms with Gasteiger partial charge >= 0.3 is 0 Å². The second-order valence-electron chi connectivity index (χ2n) is 8.32. The summed E-state index contributed by atoms with van der Waals surface area (Å²) >= 11 is 0. The Labute approximate surface area is 185 Å². The molecule has 32 heavy (non-hydrogen) atoms. The molecule has 1 amide bonds. The summed E-state index contributed by atoms with van der Waals surface area (Å²) in [5, 5.41) is 5.60. The van der Waals surface area contributed by atoms with Crippen molar-refractivity contribution in [2.75, 3.05) is 24.6 Å². The molecule has 1 saturated heterocycles. The molecule has 8 nitrogen and oxygen atoms in total. The van der Waals surface area contributed by atoms with Gasteiger partial charge in [0.05, 0.1) is 17.8 Å². The molecule has 0 spiro atoms. The summed E-state index contributed by atoms with van der Waals surface area (Å²) in [5.74, 6) is 0.515. The van der Waals surface area contributed by atoms with E-state index in [1.54, 1.807) is 0 Å². The number of nitrogens with zero attached hydrogens (tertiary/aromatic N) is 5. The van der Waals surface area contributed by atoms with Crippen LogP contribution in [0.15, 0.2) is 54.9 Å². The van der Waals surface area contributed by atoms with E-state index in [2.05, 4.69) is 16.0 Å². The van der Waals surface area contributed by atoms with Crippen LogP contribution in [0.1, 0.15) is 23.6 Å². The van der Waals surface area contributed by atoms with E-state index in [0.29, 0.717) is 36.7 Å². The van der Waals surface area contributed by atoms with E-state index in [1.165, 1.54) is 6.33 Å². The number of rotatable bonds is 4. The number of nitrogens with two attached hydrogens (primary N) is 2. The summed E-state index contributed by atoms with van der Waals surface area (Å²) < 4.78 is 1.90. The molecule has 5 rings (SSSR count). The van der Waals surface area contributed by atoms with Crippen molar-refractivity contribution >= 4 is 28.4 Å². The molecule has 0 saturated carbocycles. The van der Waals surface area contributed by atoms with E-state index in [-0.39, 0.29) is 11.9 Å². The first-order valence-electron chi connectivity index (χ1n) is 10.7. The first-order chi connectivity index (χ1) is 15.5. The maximum atomic E-state index is 12.9. The number of anilines is 2. The van der Waals surface area contributed by atoms with Crippen molar-refractivity contribution in [3.05, 3.63) is 66.0 Å². The Balaban J connectivity index is 1.43. The molecule has 1 atom stereocenters. The number of aromatic nitrogens is 4. The number of hydrogen-bond donors (Lipinski definition) is 2. The van der Waals surface area contributed by atoms with Crippen LogP contribution in [0.5, 0.6) is 0 Å². The van der Waals surface area contributed by atoms with Gasteiger partial charge in [0.2, 0.25) is 5.91 Å². The van der Waals surface area contributed by atoms with Crippen molar-refractivity contribution in [2.45, 2.75) is 25.8 Å². The first kappa shape index (κ1) is 20.0. The van der Waals surface area contributed by atoms with Gasteiger partial charge in [-0.15, -0.1) is 0 Å². The third-order valence-corrected chi connectivity index (χ3v) is 6.00. The smallest absolute Gasteiger partial charge is 0.227 e. The normalized spacial score (nSPS) is 16.0. The molecular formula is C24H25N7O. The maximum Gasteiger partial charge on any atom is 0.227 e. The fourth-order valence-electron chi connectivity index (χ4n) is 4.37. The number of carbonyl (C=O) groups excluding carboxylic acids is 1. The average Bonchev–Trinajstić information content (AvgIpc) is 3.40. The fraction of sp³-hybridized carbons (Fsp3) is 0.250. The highest BCUT2D eigenvalue weighted by atomic mass is 16.2. The number of fused-ring (bicyclic) bond motifs is 1. The van der Waals surface area contributed by atoms with Gasteiger partial charge in [-0.25, -0.2) is 14.6 Å². The standard InChI is InChI=1S/C24H25N7O/c1-15-3-2-4-16(11-15)12-20(32)30-10-9-19(13-30)31-24-21(23(26)27-14-28-24)22(29-31)17-5-7-18(25)8-6-17/h2-8,11,14,19H,9-10,12-13,25H2,1H3,(H2,26,27,28)/t19-/m1/s1. The Morgan fingerprint density at radius 1 is 1.12 bits per heavy atom. The van der Waals surface area contributed by atoms with Crippen LogP contribution in [0.4, 0.5) is 11.5 Å². The minimum Gasteiger partial charge on any atom is -0.399 e. The predicted molar refractivity (Wildman–Crippen MR) is 125 cm³/mol. The van der Waals surface area contributed by atoms with Crippen molar-refractivity contribution in [2.24, 2.45) is 0 Å². The largest absolute Gasteiger partial charge is 0.399 e. The van der Waals surface area contributed by atoms with Crippen LogP contribution >= 0.6 is 0 Å². The van der Waals surface area contributed by atoms with Gasteiger partial charge in [-0.05, 0) is 31.0 Å². The number of carbonyl (C=O) groups is 1. The number of hydrogen-bond acceptors (Lipinski definition) is 6. The van der Waals surface area contributed by atoms with Crippen molar-refractivity contribution in [3.8, 4) is 11.3 Å². The van der Waals surface area contributed by atoms with Crippen molar-refractivity contribution in [1.29, 1.82) is 0 Å². The second kappa shape index (κ2) is 7.96. The molecule has 8 heteroatoms. The Hall–Kier alpha value is -3.94. The van der Waals surface area contributed by atoms with Gasteiger partial charge in [0.15, 0.2) is 5.65 Å². The summed E-state index contributed by atoms with van der Waals surface area (Å²) in [6, 6.07) is 15.6. The number of amides is 1.